The predicted octanol–water partition coefficient (Wildman–Crippen LogP) is 5.24. The van der Waals surface area contributed by atoms with Gasteiger partial charge in [-0.25, -0.2) is 0 Å². The van der Waals surface area contributed by atoms with Crippen molar-refractivity contribution >= 4 is 46.3 Å². The molecule has 2 N–H and O–H groups in total. The van der Waals surface area contributed by atoms with E-state index in [0.29, 0.717) is 9.75 Å². The Hall–Kier alpha value is -2.91. The van der Waals surface area contributed by atoms with Crippen LogP contribution in [0.4, 0.5) is 18.9 Å². The van der Waals surface area contributed by atoms with E-state index in [-0.39, 0.29) is 11.4 Å². The first-order valence-corrected chi connectivity index (χ1v) is 9.67. The van der Waals surface area contributed by atoms with Crippen molar-refractivity contribution in [2.75, 3.05) is 5.32 Å². The maximum Gasteiger partial charge on any atom is 0.416 e. The zero-order chi connectivity index (χ0) is 20.1. The first-order chi connectivity index (χ1) is 13.3. The van der Waals surface area contributed by atoms with Crippen molar-refractivity contribution in [3.05, 3.63) is 80.3 Å². The fraction of sp³-hybridized carbons (Fsp3) is 0.0526. The third-order valence-corrected chi connectivity index (χ3v) is 5.20. The Labute approximate surface area is 166 Å². The molecular weight excluding hydrogens is 409 g/mol. The van der Waals surface area contributed by atoms with Crippen LogP contribution in [-0.2, 0) is 11.0 Å². The van der Waals surface area contributed by atoms with Crippen LogP contribution in [0.3, 0.4) is 0 Å². The Bertz CT molecular complexity index is 995. The highest BCUT2D eigenvalue weighted by Crippen LogP contribution is 2.30. The van der Waals surface area contributed by atoms with E-state index in [0.717, 1.165) is 12.1 Å². The summed E-state index contributed by atoms with van der Waals surface area (Å²) >= 11 is 2.56. The summed E-state index contributed by atoms with van der Waals surface area (Å²) in [6.45, 7) is 0. The van der Waals surface area contributed by atoms with E-state index in [1.54, 1.807) is 35.0 Å². The van der Waals surface area contributed by atoms with Gasteiger partial charge in [0.1, 0.15) is 5.70 Å². The van der Waals surface area contributed by atoms with Crippen molar-refractivity contribution in [3.8, 4) is 0 Å². The molecule has 3 aromatic rings. The van der Waals surface area contributed by atoms with Gasteiger partial charge in [-0.05, 0) is 47.2 Å². The Morgan fingerprint density at radius 3 is 2.36 bits per heavy atom. The van der Waals surface area contributed by atoms with Crippen LogP contribution in [-0.4, -0.2) is 11.8 Å². The normalized spacial score (nSPS) is 11.9. The van der Waals surface area contributed by atoms with E-state index >= 15 is 0 Å². The van der Waals surface area contributed by atoms with E-state index in [1.165, 1.54) is 40.9 Å². The molecule has 0 spiro atoms. The number of carbonyl (C=O) groups is 2. The third kappa shape index (κ3) is 5.08. The van der Waals surface area contributed by atoms with Crippen LogP contribution in [0.2, 0.25) is 0 Å². The number of rotatable bonds is 5. The van der Waals surface area contributed by atoms with Crippen LogP contribution >= 0.6 is 22.7 Å². The standard InChI is InChI=1S/C19H13F3N2O2S2/c20-19(21,22)12-4-1-5-13(10-12)23-17(25)15(11-14-6-2-8-27-14)24-18(26)16-7-3-9-28-16/h1-11H,(H,23,25)(H,24,26). The zero-order valence-electron chi connectivity index (χ0n) is 14.1. The van der Waals surface area contributed by atoms with Crippen LogP contribution < -0.4 is 10.6 Å². The predicted molar refractivity (Wildman–Crippen MR) is 104 cm³/mol. The number of amides is 2. The molecule has 2 amide bonds. The number of hydrogen-bond donors (Lipinski definition) is 2. The summed E-state index contributed by atoms with van der Waals surface area (Å²) in [5.41, 5.74) is -0.975. The summed E-state index contributed by atoms with van der Waals surface area (Å²) in [4.78, 5) is 26.1. The van der Waals surface area contributed by atoms with Crippen molar-refractivity contribution in [1.82, 2.24) is 5.32 Å². The van der Waals surface area contributed by atoms with Crippen LogP contribution in [0, 0.1) is 0 Å². The van der Waals surface area contributed by atoms with Gasteiger partial charge in [-0.3, -0.25) is 9.59 Å². The quantitative estimate of drug-likeness (QED) is 0.553. The lowest BCUT2D eigenvalue weighted by Gasteiger charge is -2.12. The molecule has 0 aliphatic heterocycles. The summed E-state index contributed by atoms with van der Waals surface area (Å²) in [5, 5.41) is 8.45. The number of thiophene rings is 2. The van der Waals surface area contributed by atoms with E-state index in [2.05, 4.69) is 10.6 Å². The molecule has 9 heteroatoms. The summed E-state index contributed by atoms with van der Waals surface area (Å²) in [6.07, 6.45) is -3.05. The maximum atomic E-state index is 12.9. The van der Waals surface area contributed by atoms with Gasteiger partial charge in [0.15, 0.2) is 0 Å². The molecule has 4 nitrogen and oxygen atoms in total. The fourth-order valence-corrected chi connectivity index (χ4v) is 3.51. The molecule has 144 valence electrons. The number of alkyl halides is 3. The molecule has 0 aliphatic carbocycles. The molecule has 0 bridgehead atoms. The van der Waals surface area contributed by atoms with Gasteiger partial charge in [0.05, 0.1) is 10.4 Å². The number of nitrogens with one attached hydrogen (secondary N) is 2. The lowest BCUT2D eigenvalue weighted by Crippen LogP contribution is -2.30. The summed E-state index contributed by atoms with van der Waals surface area (Å²) in [7, 11) is 0. The molecule has 1 aromatic carbocycles. The lowest BCUT2D eigenvalue weighted by molar-refractivity contribution is -0.137. The Morgan fingerprint density at radius 2 is 1.71 bits per heavy atom. The Kier molecular flexibility index (Phi) is 5.96. The molecule has 0 fully saturated rings. The first-order valence-electron chi connectivity index (χ1n) is 7.91. The molecule has 3 rings (SSSR count). The average Bonchev–Trinajstić information content (AvgIpc) is 3.34. The van der Waals surface area contributed by atoms with Crippen LogP contribution in [0.5, 0.6) is 0 Å². The molecule has 0 saturated heterocycles. The number of anilines is 1. The highest BCUT2D eigenvalue weighted by atomic mass is 32.1. The molecular formula is C19H13F3N2O2S2. The van der Waals surface area contributed by atoms with Gasteiger partial charge in [0, 0.05) is 10.6 Å². The topological polar surface area (TPSA) is 58.2 Å². The minimum atomic E-state index is -4.52. The third-order valence-electron chi connectivity index (χ3n) is 3.52. The van der Waals surface area contributed by atoms with Crippen molar-refractivity contribution in [3.63, 3.8) is 0 Å². The van der Waals surface area contributed by atoms with Crippen molar-refractivity contribution in [2.24, 2.45) is 0 Å². The number of benzene rings is 1. The highest BCUT2D eigenvalue weighted by molar-refractivity contribution is 7.12. The zero-order valence-corrected chi connectivity index (χ0v) is 15.8. The van der Waals surface area contributed by atoms with Gasteiger partial charge in [-0.2, -0.15) is 13.2 Å². The molecule has 0 saturated carbocycles. The minimum Gasteiger partial charge on any atom is -0.321 e. The smallest absolute Gasteiger partial charge is 0.321 e. The summed E-state index contributed by atoms with van der Waals surface area (Å²) in [5.74, 6) is -1.20. The second-order valence-electron chi connectivity index (χ2n) is 5.54. The van der Waals surface area contributed by atoms with Crippen molar-refractivity contribution in [1.29, 1.82) is 0 Å². The fourth-order valence-electron chi connectivity index (χ4n) is 2.24. The average molecular weight is 422 g/mol. The summed E-state index contributed by atoms with van der Waals surface area (Å²) in [6, 6.07) is 11.1. The highest BCUT2D eigenvalue weighted by Gasteiger charge is 2.30. The molecule has 2 heterocycles. The summed E-state index contributed by atoms with van der Waals surface area (Å²) < 4.78 is 38.6. The van der Waals surface area contributed by atoms with E-state index in [1.807, 2.05) is 0 Å². The second kappa shape index (κ2) is 8.41. The number of halogens is 3. The SMILES string of the molecule is O=C(Nc1cccc(C(F)(F)F)c1)C(=Cc1cccs1)NC(=O)c1cccs1. The number of carbonyl (C=O) groups excluding carboxylic acids is 2. The van der Waals surface area contributed by atoms with Crippen LogP contribution in [0.25, 0.3) is 6.08 Å². The Morgan fingerprint density at radius 1 is 0.964 bits per heavy atom. The lowest BCUT2D eigenvalue weighted by atomic mass is 10.2. The monoisotopic (exact) mass is 422 g/mol. The van der Waals surface area contributed by atoms with Gasteiger partial charge >= 0.3 is 6.18 Å². The van der Waals surface area contributed by atoms with Crippen LogP contribution in [0.1, 0.15) is 20.1 Å². The van der Waals surface area contributed by atoms with E-state index in [4.69, 9.17) is 0 Å². The van der Waals surface area contributed by atoms with E-state index in [9.17, 15) is 22.8 Å². The Balaban J connectivity index is 1.84. The van der Waals surface area contributed by atoms with Gasteiger partial charge in [0.25, 0.3) is 11.8 Å². The van der Waals surface area contributed by atoms with Crippen LogP contribution in [0.15, 0.2) is 65.0 Å². The molecule has 28 heavy (non-hydrogen) atoms. The molecule has 0 unspecified atom stereocenters. The first kappa shape index (κ1) is 19.8. The van der Waals surface area contributed by atoms with Crippen molar-refractivity contribution < 1.29 is 22.8 Å². The van der Waals surface area contributed by atoms with Gasteiger partial charge in [-0.1, -0.05) is 18.2 Å². The van der Waals surface area contributed by atoms with E-state index < -0.39 is 23.6 Å². The molecule has 2 aromatic heterocycles. The van der Waals surface area contributed by atoms with Gasteiger partial charge in [0.2, 0.25) is 0 Å². The van der Waals surface area contributed by atoms with Gasteiger partial charge in [-0.15, -0.1) is 22.7 Å². The minimum absolute atomic E-state index is 0.0257. The molecule has 0 aliphatic rings. The molecule has 0 radical (unpaired) electrons. The largest absolute Gasteiger partial charge is 0.416 e. The maximum absolute atomic E-state index is 12.9. The molecule has 0 atom stereocenters. The van der Waals surface area contributed by atoms with Gasteiger partial charge < -0.3 is 10.6 Å². The van der Waals surface area contributed by atoms with Crippen molar-refractivity contribution in [2.45, 2.75) is 6.18 Å². The number of hydrogen-bond acceptors (Lipinski definition) is 4. The second-order valence-corrected chi connectivity index (χ2v) is 7.46.